The Morgan fingerprint density at radius 1 is 1.29 bits per heavy atom. The van der Waals surface area contributed by atoms with Crippen LogP contribution in [0.5, 0.6) is 0 Å². The van der Waals surface area contributed by atoms with Crippen LogP contribution in [0, 0.1) is 0 Å². The molecule has 0 spiro atoms. The van der Waals surface area contributed by atoms with Gasteiger partial charge in [0.25, 0.3) is 0 Å². The molecule has 112 valence electrons. The summed E-state index contributed by atoms with van der Waals surface area (Å²) in [6.07, 6.45) is 2.67. The number of carbonyl (C=O) groups excluding carboxylic acids is 2. The molecule has 0 bridgehead atoms. The lowest BCUT2D eigenvalue weighted by Crippen LogP contribution is -2.44. The molecule has 3 rings (SSSR count). The maximum atomic E-state index is 12.7. The van der Waals surface area contributed by atoms with Gasteiger partial charge in [0.15, 0.2) is 0 Å². The summed E-state index contributed by atoms with van der Waals surface area (Å²) in [6.45, 7) is 4.36. The third-order valence-corrected chi connectivity index (χ3v) is 4.19. The van der Waals surface area contributed by atoms with Gasteiger partial charge in [0.2, 0.25) is 11.8 Å². The van der Waals surface area contributed by atoms with Crippen LogP contribution >= 0.6 is 0 Å². The lowest BCUT2D eigenvalue weighted by Gasteiger charge is -2.29. The maximum Gasteiger partial charge on any atom is 0.241 e. The van der Waals surface area contributed by atoms with E-state index in [-0.39, 0.29) is 17.9 Å². The normalized spacial score (nSPS) is 22.6. The Hall–Kier alpha value is -1.88. The van der Waals surface area contributed by atoms with Crippen molar-refractivity contribution in [3.05, 3.63) is 24.3 Å². The van der Waals surface area contributed by atoms with Gasteiger partial charge in [-0.2, -0.15) is 0 Å². The minimum absolute atomic E-state index is 0.0357. The molecule has 1 saturated heterocycles. The molecule has 2 heterocycles. The number of rotatable bonds is 2. The molecule has 0 radical (unpaired) electrons. The Morgan fingerprint density at radius 2 is 2.00 bits per heavy atom. The molecule has 0 aromatic heterocycles. The number of para-hydroxylation sites is 2. The maximum absolute atomic E-state index is 12.7. The molecule has 1 aromatic carbocycles. The van der Waals surface area contributed by atoms with Gasteiger partial charge in [0.05, 0.1) is 17.9 Å². The van der Waals surface area contributed by atoms with Gasteiger partial charge in [0.1, 0.15) is 0 Å². The molecule has 0 aliphatic carbocycles. The summed E-state index contributed by atoms with van der Waals surface area (Å²) in [5.41, 5.74) is 1.53. The predicted octanol–water partition coefficient (Wildman–Crippen LogP) is 1.85. The highest BCUT2D eigenvalue weighted by Crippen LogP contribution is 2.31. The molecule has 5 heteroatoms. The number of amides is 2. The first-order chi connectivity index (χ1) is 10.1. The average molecular weight is 287 g/mol. The fraction of sp³-hybridized carbons (Fsp3) is 0.500. The molecular formula is C16H21N3O2. The zero-order chi connectivity index (χ0) is 14.8. The molecule has 0 saturated carbocycles. The molecule has 1 unspecified atom stereocenters. The summed E-state index contributed by atoms with van der Waals surface area (Å²) in [4.78, 5) is 28.6. The number of anilines is 2. The standard InChI is InChI=1S/C16H21N3O2/c1-12-10-15(20)17-13-6-2-3-7-14(13)19(12)16(21)11-18-8-4-5-9-18/h2-3,6-7,12H,4-5,8-11H2,1H3,(H,17,20). The third-order valence-electron chi connectivity index (χ3n) is 4.19. The Bertz CT molecular complexity index is 552. The zero-order valence-corrected chi connectivity index (χ0v) is 12.3. The Labute approximate surface area is 124 Å². The van der Waals surface area contributed by atoms with Crippen molar-refractivity contribution in [2.24, 2.45) is 0 Å². The monoisotopic (exact) mass is 287 g/mol. The first kappa shape index (κ1) is 14.1. The fourth-order valence-corrected chi connectivity index (χ4v) is 3.18. The van der Waals surface area contributed by atoms with Crippen molar-refractivity contribution in [1.29, 1.82) is 0 Å². The summed E-state index contributed by atoms with van der Waals surface area (Å²) in [5.74, 6) is 0.0415. The Balaban J connectivity index is 1.87. The Kier molecular flexibility index (Phi) is 3.92. The molecule has 2 amide bonds. The molecule has 1 fully saturated rings. The first-order valence-electron chi connectivity index (χ1n) is 7.58. The molecule has 2 aliphatic rings. The molecular weight excluding hydrogens is 266 g/mol. The van der Waals surface area contributed by atoms with E-state index in [0.717, 1.165) is 24.5 Å². The number of carbonyl (C=O) groups is 2. The van der Waals surface area contributed by atoms with Gasteiger partial charge in [-0.05, 0) is 45.0 Å². The van der Waals surface area contributed by atoms with E-state index >= 15 is 0 Å². The minimum Gasteiger partial charge on any atom is -0.324 e. The second kappa shape index (κ2) is 5.85. The summed E-state index contributed by atoms with van der Waals surface area (Å²) in [7, 11) is 0. The van der Waals surface area contributed by atoms with E-state index in [0.29, 0.717) is 13.0 Å². The van der Waals surface area contributed by atoms with Gasteiger partial charge in [-0.3, -0.25) is 14.5 Å². The van der Waals surface area contributed by atoms with Crippen LogP contribution < -0.4 is 10.2 Å². The summed E-state index contributed by atoms with van der Waals surface area (Å²) in [6, 6.07) is 7.40. The van der Waals surface area contributed by atoms with Crippen LogP contribution in [-0.2, 0) is 9.59 Å². The van der Waals surface area contributed by atoms with Crippen LogP contribution in [0.2, 0.25) is 0 Å². The van der Waals surface area contributed by atoms with Crippen LogP contribution in [-0.4, -0.2) is 42.4 Å². The number of benzene rings is 1. The van der Waals surface area contributed by atoms with E-state index in [2.05, 4.69) is 10.2 Å². The zero-order valence-electron chi connectivity index (χ0n) is 12.3. The molecule has 1 atom stereocenters. The van der Waals surface area contributed by atoms with E-state index in [1.165, 1.54) is 12.8 Å². The topological polar surface area (TPSA) is 52.7 Å². The van der Waals surface area contributed by atoms with Crippen molar-refractivity contribution in [3.8, 4) is 0 Å². The number of hydrogen-bond acceptors (Lipinski definition) is 3. The van der Waals surface area contributed by atoms with E-state index in [1.807, 2.05) is 31.2 Å². The van der Waals surface area contributed by atoms with Crippen LogP contribution in [0.4, 0.5) is 11.4 Å². The van der Waals surface area contributed by atoms with Crippen molar-refractivity contribution in [3.63, 3.8) is 0 Å². The molecule has 5 nitrogen and oxygen atoms in total. The highest BCUT2D eigenvalue weighted by atomic mass is 16.2. The third kappa shape index (κ3) is 2.93. The summed E-state index contributed by atoms with van der Waals surface area (Å²) >= 11 is 0. The van der Waals surface area contributed by atoms with Crippen LogP contribution in [0.3, 0.4) is 0 Å². The predicted molar refractivity (Wildman–Crippen MR) is 82.3 cm³/mol. The van der Waals surface area contributed by atoms with E-state index in [1.54, 1.807) is 4.90 Å². The number of fused-ring (bicyclic) bond motifs is 1. The first-order valence-corrected chi connectivity index (χ1v) is 7.58. The van der Waals surface area contributed by atoms with Gasteiger partial charge in [0, 0.05) is 12.5 Å². The second-order valence-corrected chi connectivity index (χ2v) is 5.87. The van der Waals surface area contributed by atoms with Gasteiger partial charge in [-0.15, -0.1) is 0 Å². The number of nitrogens with zero attached hydrogens (tertiary/aromatic N) is 2. The van der Waals surface area contributed by atoms with Crippen molar-refractivity contribution in [2.45, 2.75) is 32.2 Å². The SMILES string of the molecule is CC1CC(=O)Nc2ccccc2N1C(=O)CN1CCCC1. The van der Waals surface area contributed by atoms with Crippen LogP contribution in [0.1, 0.15) is 26.2 Å². The van der Waals surface area contributed by atoms with Gasteiger partial charge in [-0.1, -0.05) is 12.1 Å². The van der Waals surface area contributed by atoms with Crippen molar-refractivity contribution < 1.29 is 9.59 Å². The lowest BCUT2D eigenvalue weighted by atomic mass is 10.1. The van der Waals surface area contributed by atoms with Crippen molar-refractivity contribution >= 4 is 23.2 Å². The molecule has 1 aromatic rings. The highest BCUT2D eigenvalue weighted by Gasteiger charge is 2.30. The number of nitrogens with one attached hydrogen (secondary N) is 1. The molecule has 2 aliphatic heterocycles. The van der Waals surface area contributed by atoms with Gasteiger partial charge in [-0.25, -0.2) is 0 Å². The average Bonchev–Trinajstić information content (AvgIpc) is 2.89. The van der Waals surface area contributed by atoms with Crippen LogP contribution in [0.25, 0.3) is 0 Å². The largest absolute Gasteiger partial charge is 0.324 e. The summed E-state index contributed by atoms with van der Waals surface area (Å²) < 4.78 is 0. The highest BCUT2D eigenvalue weighted by molar-refractivity contribution is 6.04. The van der Waals surface area contributed by atoms with Gasteiger partial charge < -0.3 is 10.2 Å². The number of likely N-dealkylation sites (tertiary alicyclic amines) is 1. The van der Waals surface area contributed by atoms with E-state index in [4.69, 9.17) is 0 Å². The summed E-state index contributed by atoms with van der Waals surface area (Å²) in [5, 5.41) is 2.88. The minimum atomic E-state index is -0.122. The van der Waals surface area contributed by atoms with E-state index < -0.39 is 0 Å². The van der Waals surface area contributed by atoms with Crippen LogP contribution in [0.15, 0.2) is 24.3 Å². The van der Waals surface area contributed by atoms with Gasteiger partial charge >= 0.3 is 0 Å². The lowest BCUT2D eigenvalue weighted by molar-refractivity contribution is -0.120. The Morgan fingerprint density at radius 3 is 2.76 bits per heavy atom. The van der Waals surface area contributed by atoms with Crippen molar-refractivity contribution in [2.75, 3.05) is 29.9 Å². The molecule has 1 N–H and O–H groups in total. The second-order valence-electron chi connectivity index (χ2n) is 5.87. The molecule has 21 heavy (non-hydrogen) atoms. The quantitative estimate of drug-likeness (QED) is 0.903. The smallest absolute Gasteiger partial charge is 0.241 e. The fourth-order valence-electron chi connectivity index (χ4n) is 3.18. The van der Waals surface area contributed by atoms with E-state index in [9.17, 15) is 9.59 Å². The number of hydrogen-bond donors (Lipinski definition) is 1. The van der Waals surface area contributed by atoms with Crippen molar-refractivity contribution in [1.82, 2.24) is 4.90 Å².